The van der Waals surface area contributed by atoms with Gasteiger partial charge in [-0.25, -0.2) is 0 Å². The summed E-state index contributed by atoms with van der Waals surface area (Å²) < 4.78 is 11.8. The molecule has 2 heterocycles. The summed E-state index contributed by atoms with van der Waals surface area (Å²) in [5, 5.41) is 0. The Hall–Kier alpha value is -0.620. The van der Waals surface area contributed by atoms with Crippen LogP contribution in [-0.4, -0.2) is 17.7 Å². The standard InChI is InChI=1S/C6H7NO3S2/c11-4-3-10-7(12)6-5(4)8-1-2-9-6/h3,11-12H,1-2H2. The van der Waals surface area contributed by atoms with Gasteiger partial charge in [-0.15, -0.1) is 17.1 Å². The van der Waals surface area contributed by atoms with Crippen molar-refractivity contribution in [3.63, 3.8) is 0 Å². The Bertz CT molecular complexity index is 264. The average Bonchev–Trinajstić information content (AvgIpc) is 2.12. The summed E-state index contributed by atoms with van der Waals surface area (Å²) in [5.74, 6) is 1.03. The lowest BCUT2D eigenvalue weighted by atomic mass is 10.4. The number of thiol groups is 2. The van der Waals surface area contributed by atoms with Gasteiger partial charge in [0.25, 0.3) is 5.88 Å². The number of hydrogen-bond donors (Lipinski definition) is 2. The average molecular weight is 205 g/mol. The van der Waals surface area contributed by atoms with Gasteiger partial charge in [0.15, 0.2) is 5.76 Å². The summed E-state index contributed by atoms with van der Waals surface area (Å²) >= 11 is 8.13. The van der Waals surface area contributed by atoms with Crippen LogP contribution in [0.4, 0.5) is 0 Å². The first kappa shape index (κ1) is 8.00. The summed E-state index contributed by atoms with van der Waals surface area (Å²) in [6.07, 6.45) is 1.43. The molecule has 12 heavy (non-hydrogen) atoms. The molecule has 2 rings (SSSR count). The monoisotopic (exact) mass is 205 g/mol. The highest BCUT2D eigenvalue weighted by atomic mass is 32.1. The Labute approximate surface area is 80.7 Å². The van der Waals surface area contributed by atoms with Gasteiger partial charge in [0.05, 0.1) is 4.91 Å². The molecular formula is C6H7NO3S2. The van der Waals surface area contributed by atoms with Crippen molar-refractivity contribution in [2.75, 3.05) is 13.2 Å². The van der Waals surface area contributed by atoms with Crippen LogP contribution in [0.3, 0.4) is 0 Å². The minimum atomic E-state index is 0.456. The molecule has 0 atom stereocenters. The lowest BCUT2D eigenvalue weighted by Gasteiger charge is -2.29. The SMILES string of the molecule is SC1=CON(S)C2=C1OCCO2. The van der Waals surface area contributed by atoms with Crippen molar-refractivity contribution in [3.05, 3.63) is 22.8 Å². The second kappa shape index (κ2) is 3.02. The zero-order valence-corrected chi connectivity index (χ0v) is 7.85. The third-order valence-corrected chi connectivity index (χ3v) is 2.02. The van der Waals surface area contributed by atoms with Gasteiger partial charge in [0.2, 0.25) is 0 Å². The fourth-order valence-corrected chi connectivity index (χ4v) is 1.34. The smallest absolute Gasteiger partial charge is 0.279 e. The fraction of sp³-hybridized carbons (Fsp3) is 0.333. The van der Waals surface area contributed by atoms with E-state index in [0.717, 1.165) is 0 Å². The van der Waals surface area contributed by atoms with Crippen LogP contribution in [0.25, 0.3) is 0 Å². The molecule has 0 radical (unpaired) electrons. The van der Waals surface area contributed by atoms with E-state index in [1.54, 1.807) is 0 Å². The quantitative estimate of drug-likeness (QED) is 0.579. The lowest BCUT2D eigenvalue weighted by molar-refractivity contribution is -0.0717. The first-order valence-electron chi connectivity index (χ1n) is 3.34. The maximum absolute atomic E-state index is 5.30. The van der Waals surface area contributed by atoms with Gasteiger partial charge in [0.1, 0.15) is 19.5 Å². The largest absolute Gasteiger partial charge is 0.483 e. The van der Waals surface area contributed by atoms with Gasteiger partial charge in [0, 0.05) is 0 Å². The molecule has 66 valence electrons. The highest BCUT2D eigenvalue weighted by molar-refractivity contribution is 7.84. The van der Waals surface area contributed by atoms with Gasteiger partial charge in [-0.3, -0.25) is 0 Å². The molecule has 0 aromatic carbocycles. The van der Waals surface area contributed by atoms with E-state index < -0.39 is 0 Å². The van der Waals surface area contributed by atoms with E-state index in [9.17, 15) is 0 Å². The zero-order valence-electron chi connectivity index (χ0n) is 6.06. The second-order valence-corrected chi connectivity index (χ2v) is 3.06. The normalized spacial score (nSPS) is 21.8. The molecule has 0 unspecified atom stereocenters. The molecule has 0 aromatic heterocycles. The van der Waals surface area contributed by atoms with Crippen LogP contribution < -0.4 is 0 Å². The van der Waals surface area contributed by atoms with E-state index in [0.29, 0.717) is 29.8 Å². The van der Waals surface area contributed by atoms with Crippen LogP contribution in [0.1, 0.15) is 0 Å². The van der Waals surface area contributed by atoms with Gasteiger partial charge in [-0.1, -0.05) is 0 Å². The van der Waals surface area contributed by atoms with Gasteiger partial charge in [-0.05, 0) is 12.8 Å². The Morgan fingerprint density at radius 3 is 2.83 bits per heavy atom. The van der Waals surface area contributed by atoms with Crippen molar-refractivity contribution in [3.8, 4) is 0 Å². The van der Waals surface area contributed by atoms with Crippen LogP contribution in [0.2, 0.25) is 0 Å². The minimum absolute atomic E-state index is 0.456. The number of ether oxygens (including phenoxy) is 2. The van der Waals surface area contributed by atoms with Gasteiger partial charge in [-0.2, -0.15) is 0 Å². The molecular weight excluding hydrogens is 198 g/mol. The summed E-state index contributed by atoms with van der Waals surface area (Å²) in [4.78, 5) is 5.56. The minimum Gasteiger partial charge on any atom is -0.483 e. The van der Waals surface area contributed by atoms with Crippen LogP contribution in [0.5, 0.6) is 0 Å². The van der Waals surface area contributed by atoms with E-state index in [1.165, 1.54) is 10.7 Å². The number of rotatable bonds is 0. The maximum Gasteiger partial charge on any atom is 0.279 e. The first-order valence-corrected chi connectivity index (χ1v) is 4.19. The van der Waals surface area contributed by atoms with Crippen LogP contribution in [0.15, 0.2) is 22.8 Å². The molecule has 6 heteroatoms. The number of hydrogen-bond acceptors (Lipinski definition) is 6. The molecule has 0 fully saturated rings. The van der Waals surface area contributed by atoms with Crippen molar-refractivity contribution in [2.24, 2.45) is 0 Å². The Balaban J connectivity index is 2.34. The zero-order chi connectivity index (χ0) is 8.55. The highest BCUT2D eigenvalue weighted by Gasteiger charge is 2.26. The molecule has 0 spiro atoms. The van der Waals surface area contributed by atoms with E-state index in [4.69, 9.17) is 14.3 Å². The Kier molecular flexibility index (Phi) is 2.02. The summed E-state index contributed by atoms with van der Waals surface area (Å²) in [6.45, 7) is 1.03. The second-order valence-electron chi connectivity index (χ2n) is 2.21. The van der Waals surface area contributed by atoms with Crippen molar-refractivity contribution >= 4 is 25.4 Å². The molecule has 2 aliphatic heterocycles. The van der Waals surface area contributed by atoms with E-state index in [2.05, 4.69) is 25.4 Å². The third-order valence-electron chi connectivity index (χ3n) is 1.43. The number of hydroxylamine groups is 1. The highest BCUT2D eigenvalue weighted by Crippen LogP contribution is 2.31. The van der Waals surface area contributed by atoms with Crippen LogP contribution in [-0.2, 0) is 14.3 Å². The summed E-state index contributed by atoms with van der Waals surface area (Å²) in [6, 6.07) is 0. The molecule has 0 aromatic rings. The van der Waals surface area contributed by atoms with E-state index in [-0.39, 0.29) is 0 Å². The molecule has 0 N–H and O–H groups in total. The fourth-order valence-electron chi connectivity index (χ4n) is 0.936. The third kappa shape index (κ3) is 1.21. The molecule has 0 bridgehead atoms. The summed E-state index contributed by atoms with van der Waals surface area (Å²) in [5.41, 5.74) is 0. The molecule has 0 saturated carbocycles. The predicted octanol–water partition coefficient (Wildman–Crippen LogP) is 1.07. The molecule has 2 aliphatic rings. The van der Waals surface area contributed by atoms with Crippen molar-refractivity contribution in [1.29, 1.82) is 0 Å². The topological polar surface area (TPSA) is 30.9 Å². The lowest BCUT2D eigenvalue weighted by Crippen LogP contribution is -2.25. The van der Waals surface area contributed by atoms with Gasteiger partial charge < -0.3 is 14.3 Å². The maximum atomic E-state index is 5.30. The first-order chi connectivity index (χ1) is 5.79. The van der Waals surface area contributed by atoms with E-state index in [1.807, 2.05) is 0 Å². The Morgan fingerprint density at radius 2 is 2.08 bits per heavy atom. The van der Waals surface area contributed by atoms with Crippen molar-refractivity contribution < 1.29 is 14.3 Å². The number of nitrogens with zero attached hydrogens (tertiary/aromatic N) is 1. The van der Waals surface area contributed by atoms with E-state index >= 15 is 0 Å². The molecule has 0 saturated heterocycles. The van der Waals surface area contributed by atoms with Crippen LogP contribution >= 0.6 is 25.4 Å². The van der Waals surface area contributed by atoms with Crippen molar-refractivity contribution in [2.45, 2.75) is 0 Å². The van der Waals surface area contributed by atoms with Gasteiger partial charge >= 0.3 is 0 Å². The molecule has 4 nitrogen and oxygen atoms in total. The predicted molar refractivity (Wildman–Crippen MR) is 47.9 cm³/mol. The van der Waals surface area contributed by atoms with Crippen molar-refractivity contribution in [1.82, 2.24) is 4.47 Å². The molecule has 0 amide bonds. The van der Waals surface area contributed by atoms with Crippen LogP contribution in [0, 0.1) is 0 Å². The molecule has 0 aliphatic carbocycles. The summed E-state index contributed by atoms with van der Waals surface area (Å²) in [7, 11) is 0. The Morgan fingerprint density at radius 1 is 1.33 bits per heavy atom.